The predicted molar refractivity (Wildman–Crippen MR) is 156 cm³/mol. The SMILES string of the molecule is Cc1ccc(S(=O)[C@@H]2O[C@@H]3CO[C@@H](c4ccccc4)O[C@H]3[C@H](OCc3ccccc3)[C@H]2OCc2ccccc2)cc1. The number of hydrogen-bond acceptors (Lipinski definition) is 6. The van der Waals surface area contributed by atoms with Crippen LogP contribution in [0.3, 0.4) is 0 Å². The molecule has 7 atom stereocenters. The van der Waals surface area contributed by atoms with Crippen molar-refractivity contribution in [2.75, 3.05) is 6.61 Å². The lowest BCUT2D eigenvalue weighted by molar-refractivity contribution is -0.330. The zero-order chi connectivity index (χ0) is 28.0. The Morgan fingerprint density at radius 1 is 0.707 bits per heavy atom. The number of fused-ring (bicyclic) bond motifs is 1. The van der Waals surface area contributed by atoms with Crippen LogP contribution in [0.15, 0.2) is 120 Å². The monoisotopic (exact) mass is 570 g/mol. The third-order valence-corrected chi connectivity index (χ3v) is 8.93. The fraction of sp³-hybridized carbons (Fsp3) is 0.294. The molecule has 2 saturated heterocycles. The molecule has 0 N–H and O–H groups in total. The van der Waals surface area contributed by atoms with Crippen LogP contribution >= 0.6 is 0 Å². The number of rotatable bonds is 9. The van der Waals surface area contributed by atoms with Crippen molar-refractivity contribution in [3.8, 4) is 0 Å². The molecule has 7 heteroatoms. The fourth-order valence-corrected chi connectivity index (χ4v) is 6.60. The highest BCUT2D eigenvalue weighted by atomic mass is 32.2. The van der Waals surface area contributed by atoms with Gasteiger partial charge in [-0.05, 0) is 30.2 Å². The summed E-state index contributed by atoms with van der Waals surface area (Å²) in [5.41, 5.74) is 3.26. The molecule has 6 rings (SSSR count). The predicted octanol–water partition coefficient (Wildman–Crippen LogP) is 6.11. The third kappa shape index (κ3) is 6.67. The van der Waals surface area contributed by atoms with Gasteiger partial charge < -0.3 is 23.7 Å². The molecule has 2 aliphatic rings. The van der Waals surface area contributed by atoms with Gasteiger partial charge in [-0.1, -0.05) is 109 Å². The van der Waals surface area contributed by atoms with Crippen LogP contribution in [0.25, 0.3) is 0 Å². The molecule has 0 bridgehead atoms. The lowest BCUT2D eigenvalue weighted by Crippen LogP contribution is -2.63. The second-order valence-electron chi connectivity index (χ2n) is 10.4. The van der Waals surface area contributed by atoms with E-state index < -0.39 is 46.9 Å². The summed E-state index contributed by atoms with van der Waals surface area (Å²) in [5.74, 6) is 0. The maximum absolute atomic E-state index is 14.1. The normalized spacial score (nSPS) is 26.7. The van der Waals surface area contributed by atoms with Crippen molar-refractivity contribution in [1.29, 1.82) is 0 Å². The average Bonchev–Trinajstić information content (AvgIpc) is 3.03. The van der Waals surface area contributed by atoms with Crippen molar-refractivity contribution in [2.45, 2.75) is 61.2 Å². The van der Waals surface area contributed by atoms with Gasteiger partial charge in [0.1, 0.15) is 24.4 Å². The average molecular weight is 571 g/mol. The summed E-state index contributed by atoms with van der Waals surface area (Å²) >= 11 is 0. The minimum atomic E-state index is -1.53. The van der Waals surface area contributed by atoms with E-state index in [0.29, 0.717) is 18.1 Å². The van der Waals surface area contributed by atoms with Crippen LogP contribution in [0.4, 0.5) is 0 Å². The van der Waals surface area contributed by atoms with E-state index in [1.165, 1.54) is 0 Å². The Balaban J connectivity index is 1.33. The highest BCUT2D eigenvalue weighted by Crippen LogP contribution is 2.38. The van der Waals surface area contributed by atoms with Crippen LogP contribution in [0.1, 0.15) is 28.5 Å². The van der Waals surface area contributed by atoms with Gasteiger partial charge in [0.05, 0.1) is 30.6 Å². The van der Waals surface area contributed by atoms with E-state index in [9.17, 15) is 4.21 Å². The maximum atomic E-state index is 14.1. The number of aryl methyl sites for hydroxylation is 1. The smallest absolute Gasteiger partial charge is 0.184 e. The number of hydrogen-bond donors (Lipinski definition) is 0. The second kappa shape index (κ2) is 13.2. The summed E-state index contributed by atoms with van der Waals surface area (Å²) in [5, 5.41) is 0. The molecule has 6 nitrogen and oxygen atoms in total. The molecule has 4 aromatic rings. The van der Waals surface area contributed by atoms with E-state index in [1.54, 1.807) is 0 Å². The first-order valence-electron chi connectivity index (χ1n) is 13.9. The number of benzene rings is 4. The fourth-order valence-electron chi connectivity index (χ4n) is 5.20. The summed E-state index contributed by atoms with van der Waals surface area (Å²) < 4.78 is 46.5. The highest BCUT2D eigenvalue weighted by molar-refractivity contribution is 7.85. The second-order valence-corrected chi connectivity index (χ2v) is 11.9. The van der Waals surface area contributed by atoms with Crippen molar-refractivity contribution in [2.24, 2.45) is 0 Å². The summed E-state index contributed by atoms with van der Waals surface area (Å²) in [6.45, 7) is 2.96. The Labute approximate surface area is 243 Å². The van der Waals surface area contributed by atoms with E-state index in [4.69, 9.17) is 23.7 Å². The number of ether oxygens (including phenoxy) is 5. The maximum Gasteiger partial charge on any atom is 0.184 e. The Hall–Kier alpha value is -3.17. The molecule has 0 aromatic heterocycles. The van der Waals surface area contributed by atoms with Crippen molar-refractivity contribution < 1.29 is 27.9 Å². The minimum absolute atomic E-state index is 0.280. The molecule has 0 saturated carbocycles. The van der Waals surface area contributed by atoms with Gasteiger partial charge in [0.2, 0.25) is 0 Å². The molecule has 212 valence electrons. The molecular formula is C34H34O6S. The van der Waals surface area contributed by atoms with Gasteiger partial charge in [0.25, 0.3) is 0 Å². The standard InChI is InChI=1S/C34H34O6S/c1-24-17-19-28(20-18-24)41(35)34-32(37-22-26-13-7-3-8-14-26)31(36-21-25-11-5-2-6-12-25)30-29(39-34)23-38-33(40-30)27-15-9-4-10-16-27/h2-20,29-34H,21-23H2,1H3/t29-,30-,31+,32-,33-,34+,41?/m1/s1. The summed E-state index contributed by atoms with van der Waals surface area (Å²) in [7, 11) is -1.53. The van der Waals surface area contributed by atoms with Crippen molar-refractivity contribution in [3.63, 3.8) is 0 Å². The first-order valence-corrected chi connectivity index (χ1v) is 15.1. The van der Waals surface area contributed by atoms with E-state index in [-0.39, 0.29) is 6.61 Å². The van der Waals surface area contributed by atoms with Gasteiger partial charge in [0.15, 0.2) is 11.7 Å². The van der Waals surface area contributed by atoms with E-state index >= 15 is 0 Å². The van der Waals surface area contributed by atoms with Gasteiger partial charge in [-0.25, -0.2) is 0 Å². The van der Waals surface area contributed by atoms with Crippen LogP contribution in [0.2, 0.25) is 0 Å². The first-order chi connectivity index (χ1) is 20.2. The lowest BCUT2D eigenvalue weighted by atomic mass is 9.98. The molecule has 0 amide bonds. The van der Waals surface area contributed by atoms with Gasteiger partial charge >= 0.3 is 0 Å². The molecule has 0 radical (unpaired) electrons. The molecule has 2 aliphatic heterocycles. The van der Waals surface area contributed by atoms with Gasteiger partial charge in [-0.15, -0.1) is 0 Å². The Bertz CT molecular complexity index is 1400. The molecule has 0 spiro atoms. The molecule has 2 fully saturated rings. The van der Waals surface area contributed by atoms with Crippen LogP contribution in [0, 0.1) is 6.92 Å². The van der Waals surface area contributed by atoms with Crippen molar-refractivity contribution in [3.05, 3.63) is 138 Å². The van der Waals surface area contributed by atoms with E-state index in [2.05, 4.69) is 0 Å². The Morgan fingerprint density at radius 2 is 1.27 bits per heavy atom. The minimum Gasteiger partial charge on any atom is -0.368 e. The lowest BCUT2D eigenvalue weighted by Gasteiger charge is -2.49. The van der Waals surface area contributed by atoms with Crippen LogP contribution in [0.5, 0.6) is 0 Å². The molecule has 41 heavy (non-hydrogen) atoms. The molecule has 1 unspecified atom stereocenters. The van der Waals surface area contributed by atoms with Gasteiger partial charge in [-0.2, -0.15) is 0 Å². The zero-order valence-electron chi connectivity index (χ0n) is 22.9. The highest BCUT2D eigenvalue weighted by Gasteiger charge is 2.53. The van der Waals surface area contributed by atoms with E-state index in [1.807, 2.05) is 122 Å². The van der Waals surface area contributed by atoms with Gasteiger partial charge in [0, 0.05) is 10.5 Å². The third-order valence-electron chi connectivity index (χ3n) is 7.39. The van der Waals surface area contributed by atoms with Crippen LogP contribution in [-0.4, -0.2) is 40.7 Å². The van der Waals surface area contributed by atoms with Crippen molar-refractivity contribution >= 4 is 10.8 Å². The summed E-state index contributed by atoms with van der Waals surface area (Å²) in [6, 6.07) is 37.5. The summed E-state index contributed by atoms with van der Waals surface area (Å²) in [4.78, 5) is 0.675. The topological polar surface area (TPSA) is 63.2 Å². The molecule has 4 aromatic carbocycles. The Morgan fingerprint density at radius 3 is 1.88 bits per heavy atom. The summed E-state index contributed by atoms with van der Waals surface area (Å²) in [6.07, 6.45) is -2.78. The molecule has 0 aliphatic carbocycles. The zero-order valence-corrected chi connectivity index (χ0v) is 23.7. The van der Waals surface area contributed by atoms with Crippen molar-refractivity contribution in [1.82, 2.24) is 0 Å². The molecule has 2 heterocycles. The Kier molecular flexibility index (Phi) is 9.01. The largest absolute Gasteiger partial charge is 0.368 e. The van der Waals surface area contributed by atoms with E-state index in [0.717, 1.165) is 22.3 Å². The van der Waals surface area contributed by atoms with Crippen LogP contribution in [-0.2, 0) is 47.7 Å². The first kappa shape index (κ1) is 28.0. The van der Waals surface area contributed by atoms with Crippen LogP contribution < -0.4 is 0 Å². The molecular weight excluding hydrogens is 536 g/mol. The van der Waals surface area contributed by atoms with Gasteiger partial charge in [-0.3, -0.25) is 4.21 Å². The quantitative estimate of drug-likeness (QED) is 0.242.